The number of sulfone groups is 1. The van der Waals surface area contributed by atoms with E-state index >= 15 is 0 Å². The van der Waals surface area contributed by atoms with Gasteiger partial charge in [0.1, 0.15) is 6.07 Å². The summed E-state index contributed by atoms with van der Waals surface area (Å²) in [5.74, 6) is 0. The average Bonchev–Trinajstić information content (AvgIpc) is 2.48. The van der Waals surface area contributed by atoms with Crippen LogP contribution in [0, 0.1) is 11.3 Å². The fourth-order valence-electron chi connectivity index (χ4n) is 2.18. The second-order valence-electron chi connectivity index (χ2n) is 4.57. The number of nitriles is 1. The lowest BCUT2D eigenvalue weighted by Gasteiger charge is -2.27. The van der Waals surface area contributed by atoms with E-state index in [1.165, 1.54) is 18.3 Å². The van der Waals surface area contributed by atoms with E-state index in [1.54, 1.807) is 41.3 Å². The van der Waals surface area contributed by atoms with Gasteiger partial charge < -0.3 is 4.90 Å². The Hall–Kier alpha value is -2.00. The lowest BCUT2D eigenvalue weighted by atomic mass is 10.2. The summed E-state index contributed by atoms with van der Waals surface area (Å²) in [4.78, 5) is 1.33. The molecule has 4 nitrogen and oxygen atoms in total. The third kappa shape index (κ3) is 2.35. The summed E-state index contributed by atoms with van der Waals surface area (Å²) >= 11 is 11.9. The molecule has 0 bridgehead atoms. The zero-order chi connectivity index (χ0) is 15.9. The van der Waals surface area contributed by atoms with E-state index in [4.69, 9.17) is 28.5 Å². The number of hydrogen-bond acceptors (Lipinski definition) is 4. The molecule has 0 atom stereocenters. The Bertz CT molecular complexity index is 929. The highest BCUT2D eigenvalue weighted by atomic mass is 35.5. The summed E-state index contributed by atoms with van der Waals surface area (Å²) < 4.78 is 24.8. The Morgan fingerprint density at radius 2 is 1.64 bits per heavy atom. The second-order valence-corrected chi connectivity index (χ2v) is 7.33. The Morgan fingerprint density at radius 1 is 1.00 bits per heavy atom. The molecule has 1 heterocycles. The molecule has 0 saturated heterocycles. The molecule has 0 amide bonds. The van der Waals surface area contributed by atoms with Crippen molar-refractivity contribution in [3.8, 4) is 6.07 Å². The molecule has 22 heavy (non-hydrogen) atoms. The van der Waals surface area contributed by atoms with Crippen molar-refractivity contribution >= 4 is 44.4 Å². The first-order valence-electron chi connectivity index (χ1n) is 6.15. The third-order valence-corrected chi connectivity index (χ3v) is 5.41. The minimum atomic E-state index is -3.83. The minimum absolute atomic E-state index is 0.0471. The first-order valence-corrected chi connectivity index (χ1v) is 8.39. The van der Waals surface area contributed by atoms with Gasteiger partial charge in [0.25, 0.3) is 0 Å². The van der Waals surface area contributed by atoms with Crippen LogP contribution >= 0.6 is 23.2 Å². The van der Waals surface area contributed by atoms with Crippen LogP contribution in [0.15, 0.2) is 58.5 Å². The smallest absolute Gasteiger partial charge is 0.220 e. The number of allylic oxidation sites excluding steroid dienone is 1. The molecule has 0 N–H and O–H groups in total. The van der Waals surface area contributed by atoms with Gasteiger partial charge in [-0.15, -0.1) is 0 Å². The molecule has 2 aromatic carbocycles. The highest BCUT2D eigenvalue weighted by Gasteiger charge is 2.32. The summed E-state index contributed by atoms with van der Waals surface area (Å²) in [5.41, 5.74) is 1.07. The second kappa shape index (κ2) is 5.33. The number of hydrogen-bond donors (Lipinski definition) is 0. The summed E-state index contributed by atoms with van der Waals surface area (Å²) in [5, 5.41) is 10.1. The van der Waals surface area contributed by atoms with E-state index in [1.807, 2.05) is 0 Å². The molecule has 0 unspecified atom stereocenters. The molecule has 3 rings (SSSR count). The van der Waals surface area contributed by atoms with E-state index in [2.05, 4.69) is 0 Å². The van der Waals surface area contributed by atoms with Gasteiger partial charge in [0.2, 0.25) is 9.84 Å². The zero-order valence-corrected chi connectivity index (χ0v) is 13.3. The van der Waals surface area contributed by atoms with Gasteiger partial charge in [-0.1, -0.05) is 23.2 Å². The Morgan fingerprint density at radius 3 is 2.27 bits per heavy atom. The molecule has 0 saturated carbocycles. The summed E-state index contributed by atoms with van der Waals surface area (Å²) in [6.07, 6.45) is 1.29. The summed E-state index contributed by atoms with van der Waals surface area (Å²) in [6, 6.07) is 13.0. The van der Waals surface area contributed by atoms with Gasteiger partial charge in [0.05, 0.1) is 10.6 Å². The highest BCUT2D eigenvalue weighted by molar-refractivity contribution is 7.95. The van der Waals surface area contributed by atoms with E-state index in [-0.39, 0.29) is 9.80 Å². The molecule has 0 radical (unpaired) electrons. The van der Waals surface area contributed by atoms with Crippen LogP contribution in [-0.2, 0) is 9.84 Å². The topological polar surface area (TPSA) is 61.2 Å². The van der Waals surface area contributed by atoms with Crippen molar-refractivity contribution < 1.29 is 8.42 Å². The van der Waals surface area contributed by atoms with Gasteiger partial charge in [-0.2, -0.15) is 5.26 Å². The Balaban J connectivity index is 2.29. The predicted molar refractivity (Wildman–Crippen MR) is 85.9 cm³/mol. The van der Waals surface area contributed by atoms with Gasteiger partial charge >= 0.3 is 0 Å². The molecule has 7 heteroatoms. The molecule has 110 valence electrons. The molecule has 2 aromatic rings. The van der Waals surface area contributed by atoms with Crippen LogP contribution in [0.1, 0.15) is 0 Å². The quantitative estimate of drug-likeness (QED) is 0.769. The monoisotopic (exact) mass is 350 g/mol. The number of nitrogens with zero attached hydrogens (tertiary/aromatic N) is 2. The number of anilines is 2. The van der Waals surface area contributed by atoms with Gasteiger partial charge in [0, 0.05) is 21.9 Å². The van der Waals surface area contributed by atoms with Gasteiger partial charge in [-0.05, 0) is 42.5 Å². The van der Waals surface area contributed by atoms with Crippen LogP contribution < -0.4 is 4.90 Å². The average molecular weight is 351 g/mol. The molecular formula is C15H8Cl2N2O2S. The first-order chi connectivity index (χ1) is 10.4. The van der Waals surface area contributed by atoms with Crippen LogP contribution in [0.3, 0.4) is 0 Å². The largest absolute Gasteiger partial charge is 0.314 e. The van der Waals surface area contributed by atoms with Crippen LogP contribution in [0.25, 0.3) is 0 Å². The Labute approximate surface area is 137 Å². The minimum Gasteiger partial charge on any atom is -0.314 e. The number of benzene rings is 2. The fourth-order valence-corrected chi connectivity index (χ4v) is 3.76. The molecule has 0 aliphatic carbocycles. The maximum atomic E-state index is 12.4. The SMILES string of the molecule is N#CC1=CN(c2ccc(Cl)cc2)c2cc(Cl)ccc2S1(=O)=O. The van der Waals surface area contributed by atoms with Crippen molar-refractivity contribution in [2.45, 2.75) is 4.90 Å². The number of rotatable bonds is 1. The van der Waals surface area contributed by atoms with Crippen molar-refractivity contribution in [3.63, 3.8) is 0 Å². The Kier molecular flexibility index (Phi) is 3.61. The van der Waals surface area contributed by atoms with Crippen molar-refractivity contribution in [2.24, 2.45) is 0 Å². The highest BCUT2D eigenvalue weighted by Crippen LogP contribution is 2.40. The molecule has 0 fully saturated rings. The van der Waals surface area contributed by atoms with E-state index in [0.717, 1.165) is 0 Å². The van der Waals surface area contributed by atoms with Crippen molar-refractivity contribution in [1.29, 1.82) is 5.26 Å². The number of fused-ring (bicyclic) bond motifs is 1. The van der Waals surface area contributed by atoms with Crippen molar-refractivity contribution in [1.82, 2.24) is 0 Å². The zero-order valence-electron chi connectivity index (χ0n) is 11.0. The maximum Gasteiger partial charge on any atom is 0.220 e. The molecule has 1 aliphatic rings. The van der Waals surface area contributed by atoms with E-state index in [0.29, 0.717) is 21.4 Å². The van der Waals surface area contributed by atoms with E-state index < -0.39 is 9.84 Å². The molecule has 0 spiro atoms. The van der Waals surface area contributed by atoms with Gasteiger partial charge in [-0.25, -0.2) is 8.42 Å². The van der Waals surface area contributed by atoms with E-state index in [9.17, 15) is 8.42 Å². The predicted octanol–water partition coefficient (Wildman–Crippen LogP) is 4.28. The molecular weight excluding hydrogens is 343 g/mol. The third-order valence-electron chi connectivity index (χ3n) is 3.22. The van der Waals surface area contributed by atoms with Crippen LogP contribution in [0.4, 0.5) is 11.4 Å². The van der Waals surface area contributed by atoms with Crippen LogP contribution in [0.2, 0.25) is 10.0 Å². The lowest BCUT2D eigenvalue weighted by molar-refractivity contribution is 0.602. The fraction of sp³-hybridized carbons (Fsp3) is 0. The van der Waals surface area contributed by atoms with Crippen LogP contribution in [-0.4, -0.2) is 8.42 Å². The van der Waals surface area contributed by atoms with Gasteiger partial charge in [-0.3, -0.25) is 0 Å². The maximum absolute atomic E-state index is 12.4. The van der Waals surface area contributed by atoms with Crippen LogP contribution in [0.5, 0.6) is 0 Å². The summed E-state index contributed by atoms with van der Waals surface area (Å²) in [7, 11) is -3.83. The lowest BCUT2D eigenvalue weighted by Crippen LogP contribution is -2.21. The molecule has 0 aromatic heterocycles. The van der Waals surface area contributed by atoms with Crippen molar-refractivity contribution in [2.75, 3.05) is 4.90 Å². The first kappa shape index (κ1) is 14.9. The molecule has 1 aliphatic heterocycles. The number of halogens is 2. The summed E-state index contributed by atoms with van der Waals surface area (Å²) in [6.45, 7) is 0. The normalized spacial score (nSPS) is 15.7. The van der Waals surface area contributed by atoms with Gasteiger partial charge in [0.15, 0.2) is 4.91 Å². The van der Waals surface area contributed by atoms with Crippen molar-refractivity contribution in [3.05, 3.63) is 63.6 Å². The standard InChI is InChI=1S/C15H8Cl2N2O2S/c16-10-1-4-12(5-2-10)19-9-13(8-18)22(20,21)15-6-3-11(17)7-14(15)19/h1-7,9H.